The van der Waals surface area contributed by atoms with Crippen LogP contribution in [-0.2, 0) is 13.0 Å². The van der Waals surface area contributed by atoms with Crippen molar-refractivity contribution in [1.82, 2.24) is 10.6 Å². The Labute approximate surface area is 139 Å². The largest absolute Gasteiger partial charge is 0.435 e. The molecule has 0 aliphatic rings. The van der Waals surface area contributed by atoms with E-state index in [1.165, 1.54) is 17.7 Å². The van der Waals surface area contributed by atoms with Gasteiger partial charge in [-0.2, -0.15) is 8.78 Å². The summed E-state index contributed by atoms with van der Waals surface area (Å²) in [4.78, 5) is 11.7. The van der Waals surface area contributed by atoms with E-state index in [4.69, 9.17) is 0 Å². The zero-order valence-corrected chi connectivity index (χ0v) is 13.2. The van der Waals surface area contributed by atoms with Gasteiger partial charge in [0.25, 0.3) is 0 Å². The third kappa shape index (κ3) is 6.64. The van der Waals surface area contributed by atoms with E-state index in [1.807, 2.05) is 18.2 Å². The minimum atomic E-state index is -2.84. The van der Waals surface area contributed by atoms with Crippen LogP contribution in [0.15, 0.2) is 54.6 Å². The Kier molecular flexibility index (Phi) is 7.01. The van der Waals surface area contributed by atoms with E-state index >= 15 is 0 Å². The zero-order chi connectivity index (χ0) is 17.2. The first-order valence-electron chi connectivity index (χ1n) is 7.73. The molecule has 6 heteroatoms. The highest BCUT2D eigenvalue weighted by Crippen LogP contribution is 2.14. The number of urea groups is 1. The molecule has 4 nitrogen and oxygen atoms in total. The van der Waals surface area contributed by atoms with Crippen molar-refractivity contribution < 1.29 is 18.3 Å². The Morgan fingerprint density at radius 1 is 0.958 bits per heavy atom. The Morgan fingerprint density at radius 3 is 2.33 bits per heavy atom. The second-order valence-corrected chi connectivity index (χ2v) is 5.22. The van der Waals surface area contributed by atoms with Gasteiger partial charge in [-0.1, -0.05) is 42.5 Å². The monoisotopic (exact) mass is 334 g/mol. The third-order valence-electron chi connectivity index (χ3n) is 3.37. The van der Waals surface area contributed by atoms with Gasteiger partial charge in [0.2, 0.25) is 0 Å². The van der Waals surface area contributed by atoms with Gasteiger partial charge in [-0.25, -0.2) is 4.79 Å². The number of hydrogen-bond acceptors (Lipinski definition) is 2. The third-order valence-corrected chi connectivity index (χ3v) is 3.37. The number of alkyl halides is 2. The molecule has 2 aromatic carbocycles. The first kappa shape index (κ1) is 17.7. The molecule has 0 aromatic heterocycles. The summed E-state index contributed by atoms with van der Waals surface area (Å²) in [5.41, 5.74) is 2.04. The molecule has 0 heterocycles. The first-order valence-corrected chi connectivity index (χ1v) is 7.73. The molecule has 2 rings (SSSR count). The van der Waals surface area contributed by atoms with Gasteiger partial charge in [0, 0.05) is 13.1 Å². The quantitative estimate of drug-likeness (QED) is 0.723. The molecular formula is C18H20F2N2O2. The molecule has 128 valence electrons. The predicted octanol–water partition coefficient (Wildman–Crippen LogP) is 3.72. The lowest BCUT2D eigenvalue weighted by Crippen LogP contribution is -2.35. The van der Waals surface area contributed by atoms with Crippen LogP contribution in [0.4, 0.5) is 13.6 Å². The Hall–Kier alpha value is -2.63. The van der Waals surface area contributed by atoms with Crippen molar-refractivity contribution in [2.45, 2.75) is 26.0 Å². The van der Waals surface area contributed by atoms with E-state index in [0.29, 0.717) is 13.1 Å². The number of nitrogens with one attached hydrogen (secondary N) is 2. The van der Waals surface area contributed by atoms with Crippen LogP contribution in [0.1, 0.15) is 17.5 Å². The number of hydrogen-bond donors (Lipinski definition) is 2. The smallest absolute Gasteiger partial charge is 0.387 e. The van der Waals surface area contributed by atoms with Crippen molar-refractivity contribution in [2.24, 2.45) is 0 Å². The topological polar surface area (TPSA) is 50.4 Å². The number of carbonyl (C=O) groups excluding carboxylic acids is 1. The highest BCUT2D eigenvalue weighted by atomic mass is 19.3. The molecular weight excluding hydrogens is 314 g/mol. The highest BCUT2D eigenvalue weighted by molar-refractivity contribution is 5.73. The van der Waals surface area contributed by atoms with Crippen molar-refractivity contribution in [1.29, 1.82) is 0 Å². The van der Waals surface area contributed by atoms with Crippen LogP contribution in [0.25, 0.3) is 0 Å². The average Bonchev–Trinajstić information content (AvgIpc) is 2.58. The van der Waals surface area contributed by atoms with E-state index in [9.17, 15) is 13.6 Å². The van der Waals surface area contributed by atoms with Crippen molar-refractivity contribution in [3.05, 3.63) is 65.7 Å². The number of benzene rings is 2. The van der Waals surface area contributed by atoms with Crippen LogP contribution in [0.5, 0.6) is 5.75 Å². The van der Waals surface area contributed by atoms with Gasteiger partial charge in [0.05, 0.1) is 0 Å². The normalized spacial score (nSPS) is 10.5. The molecule has 0 atom stereocenters. The summed E-state index contributed by atoms with van der Waals surface area (Å²) in [5, 5.41) is 5.51. The van der Waals surface area contributed by atoms with Crippen LogP contribution < -0.4 is 15.4 Å². The molecule has 0 aliphatic heterocycles. The number of amides is 2. The molecule has 0 radical (unpaired) electrons. The Balaban J connectivity index is 1.62. The van der Waals surface area contributed by atoms with E-state index in [1.54, 1.807) is 12.1 Å². The van der Waals surface area contributed by atoms with E-state index in [-0.39, 0.29) is 11.8 Å². The lowest BCUT2D eigenvalue weighted by atomic mass is 10.1. The molecule has 0 aliphatic carbocycles. The van der Waals surface area contributed by atoms with Gasteiger partial charge in [0.1, 0.15) is 5.75 Å². The van der Waals surface area contributed by atoms with Gasteiger partial charge >= 0.3 is 12.6 Å². The Bertz CT molecular complexity index is 619. The van der Waals surface area contributed by atoms with Crippen LogP contribution in [0, 0.1) is 0 Å². The molecule has 2 amide bonds. The molecule has 0 saturated heterocycles. The highest BCUT2D eigenvalue weighted by Gasteiger charge is 2.04. The maximum atomic E-state index is 12.0. The van der Waals surface area contributed by atoms with Crippen LogP contribution in [0.2, 0.25) is 0 Å². The van der Waals surface area contributed by atoms with Gasteiger partial charge in [-0.3, -0.25) is 0 Å². The van der Waals surface area contributed by atoms with E-state index in [2.05, 4.69) is 27.5 Å². The lowest BCUT2D eigenvalue weighted by Gasteiger charge is -2.09. The zero-order valence-electron chi connectivity index (χ0n) is 13.2. The van der Waals surface area contributed by atoms with Crippen molar-refractivity contribution in [3.8, 4) is 5.75 Å². The standard InChI is InChI=1S/C18H20F2N2O2/c19-17(20)24-16-10-8-15(9-11-16)13-22-18(23)21-12-4-7-14-5-2-1-3-6-14/h1-3,5-6,8-11,17H,4,7,12-13H2,(H2,21,22,23). The van der Waals surface area contributed by atoms with E-state index in [0.717, 1.165) is 18.4 Å². The fourth-order valence-corrected chi connectivity index (χ4v) is 2.17. The predicted molar refractivity (Wildman–Crippen MR) is 88.1 cm³/mol. The minimum Gasteiger partial charge on any atom is -0.435 e. The summed E-state index contributed by atoms with van der Waals surface area (Å²) >= 11 is 0. The van der Waals surface area contributed by atoms with Gasteiger partial charge in [-0.15, -0.1) is 0 Å². The maximum absolute atomic E-state index is 12.0. The van der Waals surface area contributed by atoms with Crippen molar-refractivity contribution >= 4 is 6.03 Å². The fourth-order valence-electron chi connectivity index (χ4n) is 2.17. The number of carbonyl (C=O) groups is 1. The lowest BCUT2D eigenvalue weighted by molar-refractivity contribution is -0.0498. The summed E-state index contributed by atoms with van der Waals surface area (Å²) in [5.74, 6) is 0.0964. The fraction of sp³-hybridized carbons (Fsp3) is 0.278. The first-order chi connectivity index (χ1) is 11.6. The minimum absolute atomic E-state index is 0.0964. The molecule has 0 spiro atoms. The van der Waals surface area contributed by atoms with Crippen molar-refractivity contribution in [3.63, 3.8) is 0 Å². The summed E-state index contributed by atoms with van der Waals surface area (Å²) < 4.78 is 28.4. The molecule has 0 fully saturated rings. The summed E-state index contributed by atoms with van der Waals surface area (Å²) in [6, 6.07) is 16.0. The number of aryl methyl sites for hydroxylation is 1. The molecule has 0 saturated carbocycles. The number of ether oxygens (including phenoxy) is 1. The molecule has 2 N–H and O–H groups in total. The molecule has 2 aromatic rings. The van der Waals surface area contributed by atoms with E-state index < -0.39 is 6.61 Å². The van der Waals surface area contributed by atoms with Gasteiger partial charge in [0.15, 0.2) is 0 Å². The summed E-state index contributed by atoms with van der Waals surface area (Å²) in [6.45, 7) is -1.93. The number of rotatable bonds is 8. The average molecular weight is 334 g/mol. The van der Waals surface area contributed by atoms with Crippen LogP contribution in [0.3, 0.4) is 0 Å². The molecule has 0 bridgehead atoms. The van der Waals surface area contributed by atoms with Gasteiger partial charge < -0.3 is 15.4 Å². The van der Waals surface area contributed by atoms with Crippen molar-refractivity contribution in [2.75, 3.05) is 6.54 Å². The van der Waals surface area contributed by atoms with Crippen LogP contribution in [-0.4, -0.2) is 19.2 Å². The Morgan fingerprint density at radius 2 is 1.67 bits per heavy atom. The van der Waals surface area contributed by atoms with Crippen LogP contribution >= 0.6 is 0 Å². The second-order valence-electron chi connectivity index (χ2n) is 5.22. The summed E-state index contributed by atoms with van der Waals surface area (Å²) in [7, 11) is 0. The molecule has 24 heavy (non-hydrogen) atoms. The molecule has 0 unspecified atom stereocenters. The number of halogens is 2. The SMILES string of the molecule is O=C(NCCCc1ccccc1)NCc1ccc(OC(F)F)cc1. The second kappa shape index (κ2) is 9.50. The summed E-state index contributed by atoms with van der Waals surface area (Å²) in [6.07, 6.45) is 1.77. The maximum Gasteiger partial charge on any atom is 0.387 e. The van der Waals surface area contributed by atoms with Gasteiger partial charge in [-0.05, 0) is 36.1 Å².